The van der Waals surface area contributed by atoms with Gasteiger partial charge in [-0.15, -0.1) is 0 Å². The molecule has 140 valence electrons. The van der Waals surface area contributed by atoms with Gasteiger partial charge in [-0.2, -0.15) is 10.2 Å². The van der Waals surface area contributed by atoms with Crippen molar-refractivity contribution in [1.29, 1.82) is 5.26 Å². The summed E-state index contributed by atoms with van der Waals surface area (Å²) in [7, 11) is 1.51. The Morgan fingerprint density at radius 2 is 2.15 bits per heavy atom. The van der Waals surface area contributed by atoms with Crippen molar-refractivity contribution in [2.45, 2.75) is 25.2 Å². The molecule has 2 aromatic rings. The molecule has 2 aromatic heterocycles. The zero-order valence-electron chi connectivity index (χ0n) is 15.1. The third-order valence-electron chi connectivity index (χ3n) is 4.94. The van der Waals surface area contributed by atoms with E-state index in [1.165, 1.54) is 19.5 Å². The molecule has 4 rings (SSSR count). The van der Waals surface area contributed by atoms with Gasteiger partial charge >= 0.3 is 0 Å². The highest BCUT2D eigenvalue weighted by Crippen LogP contribution is 2.38. The molecule has 1 aliphatic heterocycles. The van der Waals surface area contributed by atoms with Crippen LogP contribution < -0.4 is 14.4 Å². The van der Waals surface area contributed by atoms with Crippen LogP contribution in [0, 0.1) is 23.1 Å². The van der Waals surface area contributed by atoms with Gasteiger partial charge in [0.2, 0.25) is 11.8 Å². The maximum Gasteiger partial charge on any atom is 0.235 e. The maximum absolute atomic E-state index is 14.1. The summed E-state index contributed by atoms with van der Waals surface area (Å²) < 4.78 is 25.1. The highest BCUT2D eigenvalue weighted by molar-refractivity contribution is 5.50. The van der Waals surface area contributed by atoms with Crippen molar-refractivity contribution in [1.82, 2.24) is 15.0 Å². The topological polar surface area (TPSA) is 84.2 Å². The van der Waals surface area contributed by atoms with Gasteiger partial charge in [0.25, 0.3) is 0 Å². The number of anilines is 1. The fraction of sp³-hybridized carbons (Fsp3) is 0.474. The van der Waals surface area contributed by atoms with E-state index in [4.69, 9.17) is 9.47 Å². The molecule has 1 saturated carbocycles. The predicted molar refractivity (Wildman–Crippen MR) is 95.3 cm³/mol. The Morgan fingerprint density at radius 1 is 1.30 bits per heavy atom. The van der Waals surface area contributed by atoms with Crippen LogP contribution in [-0.2, 0) is 0 Å². The Labute approximate surface area is 156 Å². The second kappa shape index (κ2) is 7.35. The van der Waals surface area contributed by atoms with E-state index < -0.39 is 0 Å². The van der Waals surface area contributed by atoms with Gasteiger partial charge in [0.05, 0.1) is 31.8 Å². The smallest absolute Gasteiger partial charge is 0.235 e. The largest absolute Gasteiger partial charge is 0.481 e. The third-order valence-corrected chi connectivity index (χ3v) is 4.94. The monoisotopic (exact) mass is 369 g/mol. The first-order valence-electron chi connectivity index (χ1n) is 9.02. The summed E-state index contributed by atoms with van der Waals surface area (Å²) in [5, 5.41) is 9.25. The zero-order chi connectivity index (χ0) is 18.8. The van der Waals surface area contributed by atoms with Crippen LogP contribution in [-0.4, -0.2) is 41.8 Å². The minimum atomic E-state index is -0.367. The molecule has 3 heterocycles. The van der Waals surface area contributed by atoms with Gasteiger partial charge in [0.1, 0.15) is 17.5 Å². The average Bonchev–Trinajstić information content (AvgIpc) is 3.45. The highest BCUT2D eigenvalue weighted by Gasteiger charge is 2.29. The van der Waals surface area contributed by atoms with Crippen molar-refractivity contribution in [3.05, 3.63) is 35.7 Å². The van der Waals surface area contributed by atoms with Crippen molar-refractivity contribution >= 4 is 5.69 Å². The van der Waals surface area contributed by atoms with Crippen LogP contribution in [0.4, 0.5) is 10.1 Å². The molecular weight excluding hydrogens is 349 g/mol. The summed E-state index contributed by atoms with van der Waals surface area (Å²) in [6.07, 6.45) is 5.76. The van der Waals surface area contributed by atoms with Crippen LogP contribution in [0.2, 0.25) is 0 Å². The Kier molecular flexibility index (Phi) is 4.75. The van der Waals surface area contributed by atoms with E-state index >= 15 is 0 Å². The quantitative estimate of drug-likeness (QED) is 0.774. The first kappa shape index (κ1) is 17.5. The molecule has 0 amide bonds. The van der Waals surface area contributed by atoms with Crippen LogP contribution in [0.1, 0.15) is 36.6 Å². The lowest BCUT2D eigenvalue weighted by Crippen LogP contribution is -2.23. The molecule has 8 heteroatoms. The van der Waals surface area contributed by atoms with Crippen LogP contribution in [0.3, 0.4) is 0 Å². The number of aromatic nitrogens is 3. The normalized spacial score (nSPS) is 19.0. The van der Waals surface area contributed by atoms with E-state index in [2.05, 4.69) is 21.0 Å². The average molecular weight is 369 g/mol. The van der Waals surface area contributed by atoms with Crippen molar-refractivity contribution in [2.24, 2.45) is 5.92 Å². The first-order chi connectivity index (χ1) is 13.2. The van der Waals surface area contributed by atoms with Crippen LogP contribution in [0.15, 0.2) is 18.5 Å². The first-order valence-corrected chi connectivity index (χ1v) is 9.02. The molecule has 0 aromatic carbocycles. The number of halogens is 1. The Morgan fingerprint density at radius 3 is 2.89 bits per heavy atom. The molecule has 0 unspecified atom stereocenters. The summed E-state index contributed by atoms with van der Waals surface area (Å²) >= 11 is 0. The zero-order valence-corrected chi connectivity index (χ0v) is 15.1. The van der Waals surface area contributed by atoms with E-state index in [1.54, 1.807) is 6.07 Å². The minimum absolute atomic E-state index is 0.217. The molecule has 0 bridgehead atoms. The summed E-state index contributed by atoms with van der Waals surface area (Å²) in [4.78, 5) is 14.5. The number of rotatable bonds is 6. The highest BCUT2D eigenvalue weighted by atomic mass is 19.1. The number of pyridine rings is 1. The van der Waals surface area contributed by atoms with Crippen LogP contribution in [0.5, 0.6) is 11.8 Å². The van der Waals surface area contributed by atoms with E-state index in [-0.39, 0.29) is 11.7 Å². The SMILES string of the molecule is COc1cc(N2CC[C@@H](COc3nc(C4CC4)ncc3C#N)C2)c(F)cn1. The van der Waals surface area contributed by atoms with Crippen molar-refractivity contribution in [2.75, 3.05) is 31.7 Å². The van der Waals surface area contributed by atoms with Gasteiger partial charge in [0.15, 0.2) is 5.82 Å². The number of nitrogens with zero attached hydrogens (tertiary/aromatic N) is 5. The number of methoxy groups -OCH3 is 1. The lowest BCUT2D eigenvalue weighted by atomic mass is 10.1. The molecule has 1 atom stereocenters. The van der Waals surface area contributed by atoms with E-state index in [0.29, 0.717) is 42.1 Å². The van der Waals surface area contributed by atoms with Gasteiger partial charge in [-0.1, -0.05) is 0 Å². The second-order valence-corrected chi connectivity index (χ2v) is 6.92. The minimum Gasteiger partial charge on any atom is -0.481 e. The standard InChI is InChI=1S/C19H20FN5O2/c1-26-17-6-16(15(20)9-22-17)25-5-4-12(10-25)11-27-19-14(7-21)8-23-18(24-19)13-2-3-13/h6,8-9,12-13H,2-5,10-11H2,1H3/t12-/m1/s1. The van der Waals surface area contributed by atoms with Crippen LogP contribution in [0.25, 0.3) is 0 Å². The molecule has 0 spiro atoms. The molecule has 0 N–H and O–H groups in total. The van der Waals surface area contributed by atoms with Gasteiger partial charge in [-0.25, -0.2) is 14.4 Å². The summed E-state index contributed by atoms with van der Waals surface area (Å²) in [6, 6.07) is 3.69. The number of hydrogen-bond donors (Lipinski definition) is 0. The Hall–Kier alpha value is -2.95. The summed E-state index contributed by atoms with van der Waals surface area (Å²) in [5.41, 5.74) is 0.833. The Bertz CT molecular complexity index is 881. The van der Waals surface area contributed by atoms with Gasteiger partial charge in [-0.3, -0.25) is 0 Å². The van der Waals surface area contributed by atoms with Gasteiger partial charge < -0.3 is 14.4 Å². The fourth-order valence-electron chi connectivity index (χ4n) is 3.25. The second-order valence-electron chi connectivity index (χ2n) is 6.92. The summed E-state index contributed by atoms with van der Waals surface area (Å²) in [5.74, 6) is 1.74. The number of ether oxygens (including phenoxy) is 2. The fourth-order valence-corrected chi connectivity index (χ4v) is 3.25. The molecule has 1 aliphatic carbocycles. The molecule has 2 aliphatic rings. The lowest BCUT2D eigenvalue weighted by molar-refractivity contribution is 0.250. The van der Waals surface area contributed by atoms with Gasteiger partial charge in [0, 0.05) is 31.0 Å². The Balaban J connectivity index is 1.41. The molecular formula is C19H20FN5O2. The third kappa shape index (κ3) is 3.77. The molecule has 27 heavy (non-hydrogen) atoms. The van der Waals surface area contributed by atoms with E-state index in [0.717, 1.165) is 31.6 Å². The van der Waals surface area contributed by atoms with Crippen LogP contribution >= 0.6 is 0 Å². The van der Waals surface area contributed by atoms with Crippen molar-refractivity contribution < 1.29 is 13.9 Å². The van der Waals surface area contributed by atoms with E-state index in [1.807, 2.05) is 4.90 Å². The molecule has 0 radical (unpaired) electrons. The molecule has 7 nitrogen and oxygen atoms in total. The maximum atomic E-state index is 14.1. The van der Waals surface area contributed by atoms with E-state index in [9.17, 15) is 9.65 Å². The lowest BCUT2D eigenvalue weighted by Gasteiger charge is -2.19. The number of hydrogen-bond acceptors (Lipinski definition) is 7. The predicted octanol–water partition coefficient (Wildman–Crippen LogP) is 2.67. The van der Waals surface area contributed by atoms with Gasteiger partial charge in [-0.05, 0) is 19.3 Å². The van der Waals surface area contributed by atoms with Crippen molar-refractivity contribution in [3.63, 3.8) is 0 Å². The summed E-state index contributed by atoms with van der Waals surface area (Å²) in [6.45, 7) is 1.81. The number of nitriles is 1. The molecule has 1 saturated heterocycles. The molecule has 2 fully saturated rings. The van der Waals surface area contributed by atoms with Crippen molar-refractivity contribution in [3.8, 4) is 17.8 Å².